The van der Waals surface area contributed by atoms with Gasteiger partial charge in [0.15, 0.2) is 0 Å². The van der Waals surface area contributed by atoms with E-state index in [0.717, 1.165) is 0 Å². The van der Waals surface area contributed by atoms with Crippen LogP contribution in [0.5, 0.6) is 0 Å². The molecular formula is C12H18N2O4S2. The second-order valence-corrected chi connectivity index (χ2v) is 7.88. The fraction of sp³-hybridized carbons (Fsp3) is 0.583. The van der Waals surface area contributed by atoms with Crippen LogP contribution in [0.4, 0.5) is 0 Å². The highest BCUT2D eigenvalue weighted by Gasteiger charge is 2.36. The van der Waals surface area contributed by atoms with E-state index in [4.69, 9.17) is 4.74 Å². The summed E-state index contributed by atoms with van der Waals surface area (Å²) < 4.78 is 30.7. The Kier molecular flexibility index (Phi) is 4.48. The monoisotopic (exact) mass is 318 g/mol. The number of nitrogens with zero attached hydrogens (tertiary/aromatic N) is 1. The molecular weight excluding hydrogens is 300 g/mol. The van der Waals surface area contributed by atoms with E-state index in [1.807, 2.05) is 13.8 Å². The van der Waals surface area contributed by atoms with Gasteiger partial charge in [0.05, 0.1) is 17.0 Å². The van der Waals surface area contributed by atoms with Gasteiger partial charge in [-0.25, -0.2) is 8.42 Å². The third-order valence-corrected chi connectivity index (χ3v) is 6.03. The zero-order valence-corrected chi connectivity index (χ0v) is 13.3. The lowest BCUT2D eigenvalue weighted by Crippen LogP contribution is -2.43. The van der Waals surface area contributed by atoms with Crippen molar-refractivity contribution in [2.45, 2.75) is 30.9 Å². The molecule has 0 saturated carbocycles. The Balaban J connectivity index is 2.13. The smallest absolute Gasteiger partial charge is 0.246 e. The van der Waals surface area contributed by atoms with E-state index in [9.17, 15) is 13.2 Å². The first-order valence-corrected chi connectivity index (χ1v) is 8.59. The van der Waals surface area contributed by atoms with Gasteiger partial charge < -0.3 is 10.1 Å². The van der Waals surface area contributed by atoms with E-state index in [1.165, 1.54) is 22.7 Å². The molecule has 0 aromatic carbocycles. The van der Waals surface area contributed by atoms with Crippen molar-refractivity contribution in [3.63, 3.8) is 0 Å². The first-order valence-electron chi connectivity index (χ1n) is 6.27. The minimum absolute atomic E-state index is 0.0209. The Hall–Kier alpha value is -0.960. The lowest BCUT2D eigenvalue weighted by atomic mass is 10.2. The summed E-state index contributed by atoms with van der Waals surface area (Å²) in [7, 11) is -1.90. The molecule has 6 nitrogen and oxygen atoms in total. The predicted molar refractivity (Wildman–Crippen MR) is 76.1 cm³/mol. The van der Waals surface area contributed by atoms with Crippen LogP contribution >= 0.6 is 11.3 Å². The summed E-state index contributed by atoms with van der Waals surface area (Å²) in [4.78, 5) is 12.8. The molecule has 1 atom stereocenters. The molecule has 1 aliphatic heterocycles. The van der Waals surface area contributed by atoms with Crippen molar-refractivity contribution >= 4 is 27.3 Å². The van der Waals surface area contributed by atoms with Crippen LogP contribution < -0.4 is 5.32 Å². The molecule has 1 aromatic heterocycles. The molecule has 1 aromatic rings. The van der Waals surface area contributed by atoms with Crippen molar-refractivity contribution in [1.82, 2.24) is 9.62 Å². The molecule has 0 saturated heterocycles. The van der Waals surface area contributed by atoms with Crippen molar-refractivity contribution in [3.05, 3.63) is 16.3 Å². The molecule has 1 amide bonds. The number of nitrogens with one attached hydrogen (secondary N) is 1. The SMILES string of the molecule is CC(C)OCC(=O)NC1CN(C)S(=O)(=O)c2ccsc21. The van der Waals surface area contributed by atoms with Gasteiger partial charge in [0.25, 0.3) is 0 Å². The molecule has 20 heavy (non-hydrogen) atoms. The van der Waals surface area contributed by atoms with Crippen LogP contribution in [-0.4, -0.2) is 44.9 Å². The minimum Gasteiger partial charge on any atom is -0.369 e. The van der Waals surface area contributed by atoms with Crippen molar-refractivity contribution in [2.24, 2.45) is 0 Å². The number of likely N-dealkylation sites (N-methyl/N-ethyl adjacent to an activating group) is 1. The lowest BCUT2D eigenvalue weighted by Gasteiger charge is -2.30. The molecule has 1 N–H and O–H groups in total. The third-order valence-electron chi connectivity index (χ3n) is 2.98. The van der Waals surface area contributed by atoms with E-state index < -0.39 is 10.0 Å². The first kappa shape index (κ1) is 15.4. The molecule has 1 aliphatic rings. The largest absolute Gasteiger partial charge is 0.369 e. The third kappa shape index (κ3) is 3.03. The Labute approximate surface area is 122 Å². The van der Waals surface area contributed by atoms with Crippen molar-refractivity contribution in [2.75, 3.05) is 20.2 Å². The highest BCUT2D eigenvalue weighted by atomic mass is 32.2. The van der Waals surface area contributed by atoms with Gasteiger partial charge in [-0.05, 0) is 25.3 Å². The quantitative estimate of drug-likeness (QED) is 0.897. The van der Waals surface area contributed by atoms with Gasteiger partial charge in [-0.15, -0.1) is 11.3 Å². The maximum absolute atomic E-state index is 12.1. The summed E-state index contributed by atoms with van der Waals surface area (Å²) in [6.45, 7) is 3.92. The number of amides is 1. The van der Waals surface area contributed by atoms with Gasteiger partial charge in [-0.1, -0.05) is 0 Å². The first-order chi connectivity index (χ1) is 9.32. The zero-order valence-electron chi connectivity index (χ0n) is 11.6. The molecule has 2 heterocycles. The molecule has 2 rings (SSSR count). The van der Waals surface area contributed by atoms with Crippen LogP contribution in [0, 0.1) is 0 Å². The fourth-order valence-corrected chi connectivity index (χ4v) is 4.67. The number of thiophene rings is 1. The fourth-order valence-electron chi connectivity index (χ4n) is 1.97. The van der Waals surface area contributed by atoms with E-state index in [2.05, 4.69) is 5.32 Å². The summed E-state index contributed by atoms with van der Waals surface area (Å²) in [5.74, 6) is -0.240. The van der Waals surface area contributed by atoms with Crippen LogP contribution in [0.2, 0.25) is 0 Å². The standard InChI is InChI=1S/C12H18N2O4S2/c1-8(2)18-7-11(15)13-9-6-14(3)20(16,17)10-4-5-19-12(9)10/h4-5,8-9H,6-7H2,1-3H3,(H,13,15). The van der Waals surface area contributed by atoms with Crippen molar-refractivity contribution < 1.29 is 17.9 Å². The van der Waals surface area contributed by atoms with E-state index in [1.54, 1.807) is 11.4 Å². The summed E-state index contributed by atoms with van der Waals surface area (Å²) in [5, 5.41) is 4.55. The highest BCUT2D eigenvalue weighted by Crippen LogP contribution is 2.35. The van der Waals surface area contributed by atoms with Gasteiger partial charge in [-0.3, -0.25) is 4.79 Å². The predicted octanol–water partition coefficient (Wildman–Crippen LogP) is 0.965. The summed E-state index contributed by atoms with van der Waals surface area (Å²) in [5.41, 5.74) is 0. The number of fused-ring (bicyclic) bond motifs is 1. The second-order valence-electron chi connectivity index (χ2n) is 4.91. The normalized spacial score (nSPS) is 21.7. The molecule has 8 heteroatoms. The number of rotatable bonds is 4. The van der Waals surface area contributed by atoms with Gasteiger partial charge in [0, 0.05) is 18.5 Å². The summed E-state index contributed by atoms with van der Waals surface area (Å²) in [6.07, 6.45) is -0.0209. The molecule has 0 aliphatic carbocycles. The summed E-state index contributed by atoms with van der Waals surface area (Å²) >= 11 is 1.34. The van der Waals surface area contributed by atoms with Crippen molar-refractivity contribution in [1.29, 1.82) is 0 Å². The number of sulfonamides is 1. The number of hydrogen-bond acceptors (Lipinski definition) is 5. The molecule has 0 spiro atoms. The van der Waals surface area contributed by atoms with Crippen LogP contribution in [0.3, 0.4) is 0 Å². The topological polar surface area (TPSA) is 75.7 Å². The Morgan fingerprint density at radius 3 is 2.95 bits per heavy atom. The summed E-state index contributed by atoms with van der Waals surface area (Å²) in [6, 6.07) is 1.26. The second kappa shape index (κ2) is 5.80. The number of ether oxygens (including phenoxy) is 1. The maximum atomic E-state index is 12.1. The van der Waals surface area contributed by atoms with Gasteiger partial charge in [-0.2, -0.15) is 4.31 Å². The number of carbonyl (C=O) groups excluding carboxylic acids is 1. The van der Waals surface area contributed by atoms with Crippen molar-refractivity contribution in [3.8, 4) is 0 Å². The molecule has 0 radical (unpaired) electrons. The molecule has 0 fully saturated rings. The van der Waals surface area contributed by atoms with E-state index in [0.29, 0.717) is 4.88 Å². The van der Waals surface area contributed by atoms with Gasteiger partial charge in [0.2, 0.25) is 15.9 Å². The Morgan fingerprint density at radius 2 is 2.30 bits per heavy atom. The van der Waals surface area contributed by atoms with E-state index >= 15 is 0 Å². The average molecular weight is 318 g/mol. The van der Waals surface area contributed by atoms with Gasteiger partial charge in [0.1, 0.15) is 6.61 Å². The average Bonchev–Trinajstić information content (AvgIpc) is 2.84. The van der Waals surface area contributed by atoms with Crippen LogP contribution in [0.25, 0.3) is 0 Å². The minimum atomic E-state index is -3.41. The number of carbonyl (C=O) groups is 1. The van der Waals surface area contributed by atoms with Crippen LogP contribution in [-0.2, 0) is 19.6 Å². The van der Waals surface area contributed by atoms with Gasteiger partial charge >= 0.3 is 0 Å². The van der Waals surface area contributed by atoms with E-state index in [-0.39, 0.29) is 36.1 Å². The Bertz CT molecular complexity index is 594. The molecule has 1 unspecified atom stereocenters. The molecule has 112 valence electrons. The number of hydrogen-bond donors (Lipinski definition) is 1. The highest BCUT2D eigenvalue weighted by molar-refractivity contribution is 7.89. The molecule has 0 bridgehead atoms. The van der Waals surface area contributed by atoms with Crippen LogP contribution in [0.15, 0.2) is 16.3 Å². The van der Waals surface area contributed by atoms with Crippen LogP contribution in [0.1, 0.15) is 24.8 Å². The zero-order chi connectivity index (χ0) is 14.9. The Morgan fingerprint density at radius 1 is 1.60 bits per heavy atom. The lowest BCUT2D eigenvalue weighted by molar-refractivity contribution is -0.127. The maximum Gasteiger partial charge on any atom is 0.246 e.